The van der Waals surface area contributed by atoms with Gasteiger partial charge in [0.2, 0.25) is 0 Å². The summed E-state index contributed by atoms with van der Waals surface area (Å²) in [5.41, 5.74) is 5.34. The second-order valence-electron chi connectivity index (χ2n) is 6.12. The van der Waals surface area contributed by atoms with Crippen molar-refractivity contribution in [3.05, 3.63) is 59.6 Å². The van der Waals surface area contributed by atoms with Crippen LogP contribution in [0.15, 0.2) is 48.9 Å². The number of hydrogen-bond donors (Lipinski definition) is 2. The molecule has 0 aliphatic rings. The van der Waals surface area contributed by atoms with Gasteiger partial charge in [0.15, 0.2) is 0 Å². The summed E-state index contributed by atoms with van der Waals surface area (Å²) >= 11 is 6.02. The maximum absolute atomic E-state index is 11.0. The van der Waals surface area contributed by atoms with Crippen molar-refractivity contribution >= 4 is 28.3 Å². The molecule has 3 N–H and O–H groups in total. The molecule has 0 bridgehead atoms. The Balaban J connectivity index is 1.45. The molecule has 0 spiro atoms. The van der Waals surface area contributed by atoms with Gasteiger partial charge >= 0.3 is 0 Å². The summed E-state index contributed by atoms with van der Waals surface area (Å²) in [6, 6.07) is 11.6. The number of rotatable bonds is 8. The monoisotopic (exact) mass is 373 g/mol. The molecule has 0 unspecified atom stereocenters. The highest BCUT2D eigenvalue weighted by Crippen LogP contribution is 2.24. The largest absolute Gasteiger partial charge is 0.494 e. The highest BCUT2D eigenvalue weighted by Gasteiger charge is 2.09. The number of fused-ring (bicyclic) bond motifs is 1. The van der Waals surface area contributed by atoms with Crippen LogP contribution in [0.2, 0.25) is 5.02 Å². The van der Waals surface area contributed by atoms with Crippen LogP contribution in [0.3, 0.4) is 0 Å². The molecule has 1 heterocycles. The number of aliphatic hydroxyl groups is 1. The molecule has 1 atom stereocenters. The first-order chi connectivity index (χ1) is 12.5. The lowest BCUT2D eigenvalue weighted by Gasteiger charge is -2.12. The highest BCUT2D eigenvalue weighted by molar-refractivity contribution is 6.31. The van der Waals surface area contributed by atoms with E-state index in [2.05, 4.69) is 4.98 Å². The maximum atomic E-state index is 11.0. The van der Waals surface area contributed by atoms with Gasteiger partial charge in [0.25, 0.3) is 5.91 Å². The van der Waals surface area contributed by atoms with E-state index in [1.54, 1.807) is 4.57 Å². The Morgan fingerprint density at radius 2 is 2.08 bits per heavy atom. The summed E-state index contributed by atoms with van der Waals surface area (Å²) in [7, 11) is 0. The Labute approximate surface area is 156 Å². The predicted molar refractivity (Wildman–Crippen MR) is 100 cm³/mol. The minimum atomic E-state index is -0.580. The van der Waals surface area contributed by atoms with Crippen molar-refractivity contribution in [3.8, 4) is 5.75 Å². The number of nitrogens with two attached hydrogens (primary N) is 1. The van der Waals surface area contributed by atoms with E-state index in [9.17, 15) is 9.90 Å². The molecule has 0 saturated heterocycles. The van der Waals surface area contributed by atoms with Gasteiger partial charge in [0.1, 0.15) is 11.4 Å². The number of aromatic nitrogens is 2. The normalized spacial score (nSPS) is 12.2. The zero-order valence-electron chi connectivity index (χ0n) is 14.1. The molecule has 6 nitrogen and oxygen atoms in total. The quantitative estimate of drug-likeness (QED) is 0.594. The van der Waals surface area contributed by atoms with Crippen LogP contribution in [0, 0.1) is 0 Å². The molecule has 0 fully saturated rings. The van der Waals surface area contributed by atoms with Crippen molar-refractivity contribution < 1.29 is 14.6 Å². The van der Waals surface area contributed by atoms with E-state index >= 15 is 0 Å². The third-order valence-corrected chi connectivity index (χ3v) is 4.27. The van der Waals surface area contributed by atoms with Gasteiger partial charge < -0.3 is 20.1 Å². The molecule has 136 valence electrons. The Morgan fingerprint density at radius 1 is 1.27 bits per heavy atom. The number of amides is 1. The molecule has 1 amide bonds. The molecule has 2 aromatic carbocycles. The molecule has 0 saturated carbocycles. The van der Waals surface area contributed by atoms with E-state index in [-0.39, 0.29) is 5.69 Å². The van der Waals surface area contributed by atoms with E-state index in [0.29, 0.717) is 31.0 Å². The molecule has 3 rings (SSSR count). The van der Waals surface area contributed by atoms with Crippen LogP contribution >= 0.6 is 11.6 Å². The number of nitrogens with zero attached hydrogens (tertiary/aromatic N) is 2. The van der Waals surface area contributed by atoms with E-state index in [1.807, 2.05) is 36.4 Å². The Hall–Kier alpha value is -2.57. The first kappa shape index (κ1) is 18.2. The Morgan fingerprint density at radius 3 is 2.85 bits per heavy atom. The van der Waals surface area contributed by atoms with Gasteiger partial charge in [-0.25, -0.2) is 4.98 Å². The third kappa shape index (κ3) is 4.74. The van der Waals surface area contributed by atoms with Crippen molar-refractivity contribution in [2.24, 2.45) is 5.73 Å². The first-order valence-corrected chi connectivity index (χ1v) is 8.71. The number of benzene rings is 2. The third-order valence-electron chi connectivity index (χ3n) is 4.03. The highest BCUT2D eigenvalue weighted by atomic mass is 35.5. The zero-order valence-corrected chi connectivity index (χ0v) is 14.9. The summed E-state index contributed by atoms with van der Waals surface area (Å²) in [4.78, 5) is 14.9. The lowest BCUT2D eigenvalue weighted by atomic mass is 10.1. The fraction of sp³-hybridized carbons (Fsp3) is 0.263. The number of aliphatic hydroxyl groups excluding tert-OH is 1. The molecular formula is C19H20ClN3O3. The topological polar surface area (TPSA) is 90.4 Å². The summed E-state index contributed by atoms with van der Waals surface area (Å²) in [5.74, 6) is 0.193. The van der Waals surface area contributed by atoms with Crippen LogP contribution < -0.4 is 10.5 Å². The average molecular weight is 374 g/mol. The second-order valence-corrected chi connectivity index (χ2v) is 6.55. The van der Waals surface area contributed by atoms with Gasteiger partial charge in [-0.1, -0.05) is 23.7 Å². The number of carbonyl (C=O) groups is 1. The van der Waals surface area contributed by atoms with E-state index in [0.717, 1.165) is 16.5 Å². The Bertz CT molecular complexity index is 910. The molecule has 0 radical (unpaired) electrons. The number of ether oxygens (including phenoxy) is 1. The molecule has 0 aliphatic carbocycles. The minimum absolute atomic E-state index is 0.192. The molecule has 26 heavy (non-hydrogen) atoms. The van der Waals surface area contributed by atoms with Crippen molar-refractivity contribution in [3.63, 3.8) is 0 Å². The molecule has 3 aromatic rings. The van der Waals surface area contributed by atoms with E-state index in [4.69, 9.17) is 22.1 Å². The summed E-state index contributed by atoms with van der Waals surface area (Å²) < 4.78 is 7.41. The first-order valence-electron chi connectivity index (χ1n) is 8.33. The van der Waals surface area contributed by atoms with Gasteiger partial charge in [0, 0.05) is 17.8 Å². The number of halogens is 1. The number of hydrogen-bond acceptors (Lipinski definition) is 4. The number of imidazole rings is 1. The fourth-order valence-electron chi connectivity index (χ4n) is 2.72. The van der Waals surface area contributed by atoms with Crippen LogP contribution in [-0.4, -0.2) is 33.3 Å². The fourth-order valence-corrected chi connectivity index (χ4v) is 2.90. The van der Waals surface area contributed by atoms with Crippen molar-refractivity contribution in [2.45, 2.75) is 25.5 Å². The van der Waals surface area contributed by atoms with Crippen molar-refractivity contribution in [1.29, 1.82) is 0 Å². The van der Waals surface area contributed by atoms with Crippen molar-refractivity contribution in [1.82, 2.24) is 9.55 Å². The van der Waals surface area contributed by atoms with Crippen molar-refractivity contribution in [2.75, 3.05) is 6.61 Å². The molecular weight excluding hydrogens is 354 g/mol. The van der Waals surface area contributed by atoms with Gasteiger partial charge in [-0.2, -0.15) is 0 Å². The van der Waals surface area contributed by atoms with Crippen LogP contribution in [0.5, 0.6) is 5.75 Å². The number of carbonyl (C=O) groups excluding carboxylic acids is 1. The van der Waals surface area contributed by atoms with Crippen LogP contribution in [0.1, 0.15) is 23.3 Å². The van der Waals surface area contributed by atoms with E-state index in [1.165, 1.54) is 12.5 Å². The van der Waals surface area contributed by atoms with Gasteiger partial charge in [-0.15, -0.1) is 0 Å². The average Bonchev–Trinajstić information content (AvgIpc) is 3.07. The van der Waals surface area contributed by atoms with Crippen LogP contribution in [0.4, 0.5) is 0 Å². The van der Waals surface area contributed by atoms with E-state index < -0.39 is 12.0 Å². The second kappa shape index (κ2) is 8.21. The summed E-state index contributed by atoms with van der Waals surface area (Å²) in [6.07, 6.45) is 3.74. The summed E-state index contributed by atoms with van der Waals surface area (Å²) in [6.45, 7) is 0.856. The summed E-state index contributed by atoms with van der Waals surface area (Å²) in [5, 5.41) is 12.9. The standard InChI is InChI=1S/C19H20ClN3O3/c20-15-5-3-13-4-6-17(9-14(13)8-15)26-7-1-2-16(24)10-23-11-18(19(21)25)22-12-23/h3-6,8-9,11-12,16,24H,1-2,7,10H2,(H2,21,25)/t16-/m0/s1. The SMILES string of the molecule is NC(=O)c1cn(C[C@@H](O)CCCOc2ccc3ccc(Cl)cc3c2)cn1. The lowest BCUT2D eigenvalue weighted by Crippen LogP contribution is -2.16. The van der Waals surface area contributed by atoms with Crippen LogP contribution in [-0.2, 0) is 6.54 Å². The maximum Gasteiger partial charge on any atom is 0.268 e. The van der Waals surface area contributed by atoms with Gasteiger partial charge in [0.05, 0.1) is 19.0 Å². The smallest absolute Gasteiger partial charge is 0.268 e. The minimum Gasteiger partial charge on any atom is -0.494 e. The molecule has 7 heteroatoms. The predicted octanol–water partition coefficient (Wildman–Crippen LogP) is 3.01. The van der Waals surface area contributed by atoms with Gasteiger partial charge in [-0.3, -0.25) is 4.79 Å². The van der Waals surface area contributed by atoms with Gasteiger partial charge in [-0.05, 0) is 47.9 Å². The molecule has 0 aliphatic heterocycles. The van der Waals surface area contributed by atoms with Crippen LogP contribution in [0.25, 0.3) is 10.8 Å². The Kier molecular flexibility index (Phi) is 5.75. The molecule has 1 aromatic heterocycles. The number of primary amides is 1. The zero-order chi connectivity index (χ0) is 18.5. The lowest BCUT2D eigenvalue weighted by molar-refractivity contribution is 0.0995.